The van der Waals surface area contributed by atoms with Gasteiger partial charge in [-0.15, -0.1) is 0 Å². The fourth-order valence-electron chi connectivity index (χ4n) is 2.45. The summed E-state index contributed by atoms with van der Waals surface area (Å²) < 4.78 is 6.95. The zero-order valence-corrected chi connectivity index (χ0v) is 9.35. The Hall–Kier alpha value is -1.75. The van der Waals surface area contributed by atoms with Crippen LogP contribution in [0, 0.1) is 0 Å². The molecule has 2 heterocycles. The number of hydrogen-bond acceptors (Lipinski definition) is 3. The van der Waals surface area contributed by atoms with E-state index < -0.39 is 0 Å². The summed E-state index contributed by atoms with van der Waals surface area (Å²) in [5, 5.41) is 9.89. The van der Waals surface area contributed by atoms with E-state index in [4.69, 9.17) is 4.74 Å². The molecule has 3 rings (SSSR count). The van der Waals surface area contributed by atoms with Crippen molar-refractivity contribution < 1.29 is 9.84 Å². The number of aromatic amines is 1. The van der Waals surface area contributed by atoms with Crippen molar-refractivity contribution in [3.05, 3.63) is 28.7 Å². The molecule has 90 valence electrons. The topological polar surface area (TPSA) is 67.2 Å². The molecule has 1 aliphatic rings. The van der Waals surface area contributed by atoms with E-state index in [9.17, 15) is 9.90 Å². The maximum absolute atomic E-state index is 11.9. The first kappa shape index (κ1) is 10.4. The van der Waals surface area contributed by atoms with Crippen molar-refractivity contribution in [3.8, 4) is 5.75 Å². The predicted octanol–water partition coefficient (Wildman–Crippen LogP) is 1.39. The fourth-order valence-corrected chi connectivity index (χ4v) is 2.45. The Morgan fingerprint density at radius 2 is 2.12 bits per heavy atom. The highest BCUT2D eigenvalue weighted by molar-refractivity contribution is 5.81. The Labute approximate surface area is 97.6 Å². The number of benzene rings is 1. The molecular weight excluding hydrogens is 220 g/mol. The van der Waals surface area contributed by atoms with E-state index in [-0.39, 0.29) is 17.5 Å². The van der Waals surface area contributed by atoms with Crippen LogP contribution in [-0.2, 0) is 4.74 Å². The lowest BCUT2D eigenvalue weighted by Gasteiger charge is -2.23. The number of phenols is 1. The number of aromatic nitrogens is 2. The van der Waals surface area contributed by atoms with Crippen LogP contribution in [0.3, 0.4) is 0 Å². The third kappa shape index (κ3) is 1.63. The van der Waals surface area contributed by atoms with Crippen LogP contribution in [-0.4, -0.2) is 27.9 Å². The van der Waals surface area contributed by atoms with Gasteiger partial charge in [-0.25, -0.2) is 4.79 Å². The second-order valence-electron chi connectivity index (χ2n) is 4.32. The standard InChI is InChI=1S/C12H14N2O3/c15-10-3-1-2-9-11(10)14(12(16)13-9)8-4-6-17-7-5-8/h1-3,8,15H,4-7H2,(H,13,16). The van der Waals surface area contributed by atoms with E-state index in [0.717, 1.165) is 12.8 Å². The highest BCUT2D eigenvalue weighted by Crippen LogP contribution is 2.28. The molecule has 17 heavy (non-hydrogen) atoms. The minimum atomic E-state index is -0.159. The van der Waals surface area contributed by atoms with Gasteiger partial charge in [0, 0.05) is 19.3 Å². The van der Waals surface area contributed by atoms with Gasteiger partial charge in [0.1, 0.15) is 11.3 Å². The molecule has 1 aliphatic heterocycles. The molecule has 0 aliphatic carbocycles. The smallest absolute Gasteiger partial charge is 0.326 e. The fraction of sp³-hybridized carbons (Fsp3) is 0.417. The summed E-state index contributed by atoms with van der Waals surface area (Å²) in [5.41, 5.74) is 1.12. The van der Waals surface area contributed by atoms with Crippen molar-refractivity contribution in [1.29, 1.82) is 0 Å². The third-order valence-electron chi connectivity index (χ3n) is 3.27. The number of H-pyrrole nitrogens is 1. The molecule has 1 aromatic heterocycles. The van der Waals surface area contributed by atoms with Gasteiger partial charge in [0.25, 0.3) is 0 Å². The molecule has 0 saturated carbocycles. The Kier molecular flexibility index (Phi) is 2.40. The van der Waals surface area contributed by atoms with E-state index >= 15 is 0 Å². The first-order chi connectivity index (χ1) is 8.27. The number of ether oxygens (including phenoxy) is 1. The van der Waals surface area contributed by atoms with E-state index in [1.807, 2.05) is 0 Å². The zero-order chi connectivity index (χ0) is 11.8. The van der Waals surface area contributed by atoms with Crippen molar-refractivity contribution >= 4 is 11.0 Å². The van der Waals surface area contributed by atoms with E-state index in [1.165, 1.54) is 0 Å². The Bertz CT molecular complexity index is 593. The lowest BCUT2D eigenvalue weighted by atomic mass is 10.1. The van der Waals surface area contributed by atoms with Crippen molar-refractivity contribution in [3.63, 3.8) is 0 Å². The van der Waals surface area contributed by atoms with Gasteiger partial charge in [-0.3, -0.25) is 4.57 Å². The number of nitrogens with one attached hydrogen (secondary N) is 1. The highest BCUT2D eigenvalue weighted by atomic mass is 16.5. The highest BCUT2D eigenvalue weighted by Gasteiger charge is 2.21. The zero-order valence-electron chi connectivity index (χ0n) is 9.35. The van der Waals surface area contributed by atoms with E-state index in [2.05, 4.69) is 4.98 Å². The lowest BCUT2D eigenvalue weighted by Crippen LogP contribution is -2.27. The average molecular weight is 234 g/mol. The van der Waals surface area contributed by atoms with Crippen LogP contribution in [0.15, 0.2) is 23.0 Å². The van der Waals surface area contributed by atoms with Crippen LogP contribution in [0.2, 0.25) is 0 Å². The van der Waals surface area contributed by atoms with Crippen molar-refractivity contribution in [1.82, 2.24) is 9.55 Å². The van der Waals surface area contributed by atoms with Gasteiger partial charge >= 0.3 is 5.69 Å². The van der Waals surface area contributed by atoms with Crippen LogP contribution in [0.1, 0.15) is 18.9 Å². The Morgan fingerprint density at radius 3 is 2.88 bits per heavy atom. The lowest BCUT2D eigenvalue weighted by molar-refractivity contribution is 0.0697. The number of rotatable bonds is 1. The number of para-hydroxylation sites is 1. The minimum absolute atomic E-state index is 0.110. The summed E-state index contributed by atoms with van der Waals surface area (Å²) in [6.45, 7) is 1.33. The van der Waals surface area contributed by atoms with Gasteiger partial charge < -0.3 is 14.8 Å². The molecule has 2 aromatic rings. The summed E-state index contributed by atoms with van der Waals surface area (Å²) >= 11 is 0. The molecule has 5 nitrogen and oxygen atoms in total. The summed E-state index contributed by atoms with van der Waals surface area (Å²) in [6.07, 6.45) is 1.61. The molecule has 1 aromatic carbocycles. The molecule has 5 heteroatoms. The molecule has 0 spiro atoms. The summed E-state index contributed by atoms with van der Waals surface area (Å²) in [7, 11) is 0. The Morgan fingerprint density at radius 1 is 1.35 bits per heavy atom. The van der Waals surface area contributed by atoms with Crippen molar-refractivity contribution in [2.75, 3.05) is 13.2 Å². The molecule has 0 radical (unpaired) electrons. The Balaban J connectivity index is 2.20. The molecule has 0 atom stereocenters. The van der Waals surface area contributed by atoms with Crippen molar-refractivity contribution in [2.24, 2.45) is 0 Å². The molecular formula is C12H14N2O3. The van der Waals surface area contributed by atoms with E-state index in [0.29, 0.717) is 24.2 Å². The second kappa shape index (κ2) is 3.92. The summed E-state index contributed by atoms with van der Waals surface area (Å²) in [6, 6.07) is 5.23. The van der Waals surface area contributed by atoms with Gasteiger partial charge in [-0.2, -0.15) is 0 Å². The number of nitrogens with zero attached hydrogens (tertiary/aromatic N) is 1. The van der Waals surface area contributed by atoms with Gasteiger partial charge in [0.05, 0.1) is 5.52 Å². The summed E-state index contributed by atoms with van der Waals surface area (Å²) in [4.78, 5) is 14.7. The maximum atomic E-state index is 11.9. The van der Waals surface area contributed by atoms with Crippen LogP contribution >= 0.6 is 0 Å². The second-order valence-corrected chi connectivity index (χ2v) is 4.32. The molecule has 0 unspecified atom stereocenters. The number of aromatic hydroxyl groups is 1. The monoisotopic (exact) mass is 234 g/mol. The third-order valence-corrected chi connectivity index (χ3v) is 3.27. The molecule has 0 amide bonds. The first-order valence-corrected chi connectivity index (χ1v) is 5.77. The molecule has 2 N–H and O–H groups in total. The number of hydrogen-bond donors (Lipinski definition) is 2. The van der Waals surface area contributed by atoms with Crippen molar-refractivity contribution in [2.45, 2.75) is 18.9 Å². The van der Waals surface area contributed by atoms with Gasteiger partial charge in [0.15, 0.2) is 0 Å². The number of fused-ring (bicyclic) bond motifs is 1. The first-order valence-electron chi connectivity index (χ1n) is 5.77. The van der Waals surface area contributed by atoms with E-state index in [1.54, 1.807) is 22.8 Å². The number of imidazole rings is 1. The number of phenolic OH excluding ortho intramolecular Hbond substituents is 1. The van der Waals surface area contributed by atoms with Crippen LogP contribution in [0.25, 0.3) is 11.0 Å². The van der Waals surface area contributed by atoms with Gasteiger partial charge in [-0.05, 0) is 25.0 Å². The van der Waals surface area contributed by atoms with Crippen LogP contribution in [0.4, 0.5) is 0 Å². The van der Waals surface area contributed by atoms with Crippen LogP contribution in [0.5, 0.6) is 5.75 Å². The summed E-state index contributed by atoms with van der Waals surface area (Å²) in [5.74, 6) is 0.146. The maximum Gasteiger partial charge on any atom is 0.326 e. The molecule has 0 bridgehead atoms. The largest absolute Gasteiger partial charge is 0.506 e. The quantitative estimate of drug-likeness (QED) is 0.783. The van der Waals surface area contributed by atoms with Gasteiger partial charge in [0.2, 0.25) is 0 Å². The SMILES string of the molecule is O=c1[nH]c2cccc(O)c2n1C1CCOCC1. The molecule has 1 fully saturated rings. The molecule has 1 saturated heterocycles. The predicted molar refractivity (Wildman–Crippen MR) is 63.3 cm³/mol. The average Bonchev–Trinajstić information content (AvgIpc) is 2.68. The van der Waals surface area contributed by atoms with Gasteiger partial charge in [-0.1, -0.05) is 6.07 Å². The van der Waals surface area contributed by atoms with Crippen LogP contribution < -0.4 is 5.69 Å². The normalized spacial score (nSPS) is 17.6. The minimum Gasteiger partial charge on any atom is -0.506 e.